The minimum atomic E-state index is -4.55. The van der Waals surface area contributed by atoms with Crippen molar-refractivity contribution in [2.75, 3.05) is 101 Å². The number of nitrogens with zero attached hydrogens (tertiary/aromatic N) is 9. The van der Waals surface area contributed by atoms with Crippen LogP contribution in [0.4, 0.5) is 26.3 Å². The fourth-order valence-corrected chi connectivity index (χ4v) is 17.4. The highest BCUT2D eigenvalue weighted by Crippen LogP contribution is 2.45. The molecule has 3 aliphatic heterocycles. The molecular weight excluding hydrogens is 1410 g/mol. The van der Waals surface area contributed by atoms with Crippen molar-refractivity contribution in [1.82, 2.24) is 60.0 Å². The lowest BCUT2D eigenvalue weighted by atomic mass is 9.74. The third-order valence-electron chi connectivity index (χ3n) is 23.2. The normalized spacial score (nSPS) is 30.0. The molecule has 7 aliphatic rings. The van der Waals surface area contributed by atoms with E-state index in [1.165, 1.54) is 64.6 Å². The van der Waals surface area contributed by atoms with Gasteiger partial charge >= 0.3 is 12.4 Å². The van der Waals surface area contributed by atoms with E-state index in [2.05, 4.69) is 16.0 Å². The molecule has 106 heavy (non-hydrogen) atoms. The van der Waals surface area contributed by atoms with Gasteiger partial charge in [-0.05, 0) is 158 Å². The van der Waals surface area contributed by atoms with Gasteiger partial charge in [-0.2, -0.15) is 26.3 Å². The maximum atomic E-state index is 15.7. The Hall–Kier alpha value is -6.53. The molecule has 3 saturated heterocycles. The van der Waals surface area contributed by atoms with Gasteiger partial charge in [0.25, 0.3) is 0 Å². The van der Waals surface area contributed by atoms with E-state index >= 15 is 38.4 Å². The topological polar surface area (TPSA) is 279 Å². The van der Waals surface area contributed by atoms with Crippen LogP contribution in [0.25, 0.3) is 0 Å². The fourth-order valence-electron chi connectivity index (χ4n) is 16.9. The molecule has 0 radical (unpaired) electrons. The zero-order chi connectivity index (χ0) is 78.4. The minimum Gasteiger partial charge on any atom is -0.378 e. The Morgan fingerprint density at radius 3 is 1.75 bits per heavy atom. The molecule has 0 bridgehead atoms. The lowest BCUT2D eigenvalue weighted by molar-refractivity contribution is -0.184. The molecule has 12 amide bonds. The zero-order valence-electron chi connectivity index (χ0n) is 64.0. The summed E-state index contributed by atoms with van der Waals surface area (Å²) < 4.78 is 89.9. The largest absolute Gasteiger partial charge is 0.393 e. The summed E-state index contributed by atoms with van der Waals surface area (Å²) in [4.78, 5) is 192. The second-order valence-electron chi connectivity index (χ2n) is 31.9. The Morgan fingerprint density at radius 1 is 0.604 bits per heavy atom. The standard InChI is InChI=1S/C74H117ClF6N12O13/c1-12-31-91-55(38-45(3)4)64(98)83-62(46(5)6)69(103)87(9)43-60(96)85(7)44-61(97)92(32-13-2)57(40-48-21-25-50(26-22-48)73(76,77)78)67(101)86(8)42-58(94)82-53(28-24-47-23-27-51(52(75)39-47)74(79,80)81)66(100)93-33-16-20-54(93)65(99)84-72(29-17-30-72)71(105)89(11)63(49-18-14-15-19-49)70(104)88(10)56(41-59(91)95)68(102)90-34-36-106-37-35-90/h45-57,62-63H,12-44H2,1-11H3,(H,82,94)(H,83,98)(H,84,99)/t47?,48?,50?,51?,52?,53-,54-,55-,56-,57-,62-,63-/m0/s1. The maximum Gasteiger partial charge on any atom is 0.393 e. The number of halogens is 7. The van der Waals surface area contributed by atoms with Crippen molar-refractivity contribution in [3.8, 4) is 0 Å². The van der Waals surface area contributed by atoms with Gasteiger partial charge in [0, 0.05) is 73.3 Å². The van der Waals surface area contributed by atoms with E-state index in [4.69, 9.17) is 16.3 Å². The predicted molar refractivity (Wildman–Crippen MR) is 381 cm³/mol. The molecule has 3 unspecified atom stereocenters. The molecule has 4 saturated carbocycles. The predicted octanol–water partition coefficient (Wildman–Crippen LogP) is 6.51. The molecule has 0 aromatic carbocycles. The molecule has 7 rings (SSSR count). The molecule has 600 valence electrons. The van der Waals surface area contributed by atoms with Crippen molar-refractivity contribution in [2.24, 2.45) is 41.4 Å². The Kier molecular flexibility index (Phi) is 31.3. The van der Waals surface area contributed by atoms with E-state index in [0.717, 1.165) is 14.7 Å². The Balaban J connectivity index is 1.29. The van der Waals surface area contributed by atoms with Gasteiger partial charge in [0.05, 0.1) is 51.1 Å². The Bertz CT molecular complexity index is 3090. The Labute approximate surface area is 625 Å². The van der Waals surface area contributed by atoms with Crippen molar-refractivity contribution in [1.29, 1.82) is 0 Å². The summed E-state index contributed by atoms with van der Waals surface area (Å²) in [5.74, 6) is -14.1. The molecule has 10 atom stereocenters. The van der Waals surface area contributed by atoms with E-state index < -0.39 is 198 Å². The number of rotatable bonds is 14. The average molecular weight is 1530 g/mol. The van der Waals surface area contributed by atoms with Crippen LogP contribution in [0.15, 0.2) is 0 Å². The summed E-state index contributed by atoms with van der Waals surface area (Å²) in [7, 11) is 6.81. The molecule has 3 N–H and O–H groups in total. The highest BCUT2D eigenvalue weighted by atomic mass is 35.5. The minimum absolute atomic E-state index is 0.00422. The van der Waals surface area contributed by atoms with Crippen molar-refractivity contribution >= 4 is 82.5 Å². The first-order valence-corrected chi connectivity index (χ1v) is 39.0. The lowest BCUT2D eigenvalue weighted by Gasteiger charge is -2.47. The van der Waals surface area contributed by atoms with Gasteiger partial charge in [0.15, 0.2) is 0 Å². The molecular formula is C74H117ClF6N12O13. The monoisotopic (exact) mass is 1530 g/mol. The first-order chi connectivity index (χ1) is 49.8. The maximum absolute atomic E-state index is 15.7. The lowest BCUT2D eigenvalue weighted by Crippen LogP contribution is -2.68. The molecule has 3 heterocycles. The first kappa shape index (κ1) is 86.7. The van der Waals surface area contributed by atoms with Crippen molar-refractivity contribution in [2.45, 2.75) is 255 Å². The third-order valence-corrected chi connectivity index (χ3v) is 23.7. The molecule has 7 fully saturated rings. The molecule has 32 heteroatoms. The molecule has 25 nitrogen and oxygen atoms in total. The van der Waals surface area contributed by atoms with E-state index in [9.17, 15) is 45.5 Å². The average Bonchev–Trinajstić information content (AvgIpc) is 1.11. The summed E-state index contributed by atoms with van der Waals surface area (Å²) in [6, 6.07) is -9.26. The quantitative estimate of drug-likeness (QED) is 0.124. The fraction of sp³-hybridized carbons (Fsp3) is 0.838. The number of morpholine rings is 1. The molecule has 4 aliphatic carbocycles. The summed E-state index contributed by atoms with van der Waals surface area (Å²) in [6.45, 7) is 9.12. The van der Waals surface area contributed by atoms with Gasteiger partial charge in [-0.25, -0.2) is 0 Å². The van der Waals surface area contributed by atoms with Crippen LogP contribution in [-0.2, 0) is 62.3 Å². The van der Waals surface area contributed by atoms with Gasteiger partial charge in [0.1, 0.15) is 47.8 Å². The highest BCUT2D eigenvalue weighted by molar-refractivity contribution is 6.21. The SMILES string of the molecule is CCCN1C(=O)C[C@@H](C(=O)N2CCOCC2)N(C)C(=O)[C@H](C2CCCC2)N(C)C(=O)C2(CCC2)NC(=O)[C@@H]2CCCN2C(=O)[C@H](CCC2CCC(C(F)(F)F)C(Cl)C2)NC(=O)CN(C)C(=O)[C@H](CC2CCC(C(F)(F)F)CC2)N(CCC)C(=O)CN(C)C(=O)CN(C)C(=O)[C@H](C(C)C)NC(=O)[C@@H]1CC(C)C. The van der Waals surface area contributed by atoms with Gasteiger partial charge in [0.2, 0.25) is 70.9 Å². The number of likely N-dealkylation sites (N-methyl/N-ethyl adjacent to an activating group) is 5. The number of alkyl halides is 7. The number of amides is 12. The molecule has 0 aromatic heterocycles. The third kappa shape index (κ3) is 21.9. The van der Waals surface area contributed by atoms with Gasteiger partial charge < -0.3 is 64.8 Å². The van der Waals surface area contributed by atoms with Crippen molar-refractivity contribution < 1.29 is 88.6 Å². The second-order valence-corrected chi connectivity index (χ2v) is 32.4. The van der Waals surface area contributed by atoms with Gasteiger partial charge in [-0.1, -0.05) is 54.4 Å². The number of fused-ring (bicyclic) bond motifs is 1. The van der Waals surface area contributed by atoms with E-state index in [1.54, 1.807) is 27.7 Å². The number of nitrogens with one attached hydrogen (secondary N) is 3. The van der Waals surface area contributed by atoms with Gasteiger partial charge in [-0.3, -0.25) is 57.5 Å². The van der Waals surface area contributed by atoms with E-state index in [1.807, 2.05) is 13.8 Å². The van der Waals surface area contributed by atoms with Crippen molar-refractivity contribution in [3.63, 3.8) is 0 Å². The summed E-state index contributed by atoms with van der Waals surface area (Å²) in [6.07, 6.45) is -6.11. The summed E-state index contributed by atoms with van der Waals surface area (Å²) in [5, 5.41) is 7.35. The second kappa shape index (κ2) is 38.2. The van der Waals surface area contributed by atoms with Crippen LogP contribution in [-0.4, -0.2) is 281 Å². The number of ether oxygens (including phenoxy) is 1. The molecule has 1 spiro atoms. The molecule has 0 aromatic rings. The van der Waals surface area contributed by atoms with Crippen LogP contribution in [0.1, 0.15) is 189 Å². The van der Waals surface area contributed by atoms with E-state index in [-0.39, 0.29) is 148 Å². The van der Waals surface area contributed by atoms with Crippen LogP contribution in [0, 0.1) is 41.4 Å². The number of carbonyl (C=O) groups is 12. The smallest absolute Gasteiger partial charge is 0.378 e. The summed E-state index contributed by atoms with van der Waals surface area (Å²) in [5.41, 5.74) is -1.58. The highest BCUT2D eigenvalue weighted by Gasteiger charge is 2.54. The number of hydrogen-bond donors (Lipinski definition) is 3. The number of hydrogen-bond acceptors (Lipinski definition) is 13. The van der Waals surface area contributed by atoms with Gasteiger partial charge in [-0.15, -0.1) is 11.6 Å². The zero-order valence-corrected chi connectivity index (χ0v) is 64.7. The van der Waals surface area contributed by atoms with Crippen LogP contribution in [0.3, 0.4) is 0 Å². The van der Waals surface area contributed by atoms with E-state index in [0.29, 0.717) is 44.9 Å². The number of carbonyl (C=O) groups excluding carboxylic acids is 12. The summed E-state index contributed by atoms with van der Waals surface area (Å²) >= 11 is 6.39. The van der Waals surface area contributed by atoms with Crippen LogP contribution < -0.4 is 16.0 Å². The first-order valence-electron chi connectivity index (χ1n) is 38.6. The van der Waals surface area contributed by atoms with Crippen LogP contribution in [0.2, 0.25) is 0 Å². The Morgan fingerprint density at radius 2 is 1.20 bits per heavy atom. The van der Waals surface area contributed by atoms with Crippen molar-refractivity contribution in [3.05, 3.63) is 0 Å². The van der Waals surface area contributed by atoms with Crippen LogP contribution >= 0.6 is 11.6 Å². The van der Waals surface area contributed by atoms with Crippen LogP contribution in [0.5, 0.6) is 0 Å².